The van der Waals surface area contributed by atoms with E-state index in [1.165, 1.54) is 0 Å². The minimum absolute atomic E-state index is 0.00529. The molecule has 4 heteroatoms. The van der Waals surface area contributed by atoms with Crippen LogP contribution in [0.3, 0.4) is 0 Å². The number of nitrogens with zero attached hydrogens (tertiary/aromatic N) is 1. The highest BCUT2D eigenvalue weighted by atomic mass is 16.3. The maximum atomic E-state index is 12.0. The van der Waals surface area contributed by atoms with Crippen molar-refractivity contribution in [2.24, 2.45) is 0 Å². The summed E-state index contributed by atoms with van der Waals surface area (Å²) < 4.78 is 5.30. The Hall–Kier alpha value is -2.88. The van der Waals surface area contributed by atoms with E-state index in [0.717, 1.165) is 28.1 Å². The fraction of sp³-hybridized carbons (Fsp3) is 0.158. The first kappa shape index (κ1) is 15.0. The number of aromatic nitrogens is 1. The molecule has 0 aliphatic rings. The largest absolute Gasteiger partial charge is 0.463 e. The first-order valence-electron chi connectivity index (χ1n) is 7.52. The van der Waals surface area contributed by atoms with Crippen LogP contribution in [-0.4, -0.2) is 10.9 Å². The summed E-state index contributed by atoms with van der Waals surface area (Å²) in [6.45, 7) is 2.49. The molecule has 1 N–H and O–H groups in total. The Morgan fingerprint density at radius 2 is 2.04 bits per heavy atom. The average molecular weight is 306 g/mol. The van der Waals surface area contributed by atoms with Crippen LogP contribution in [0.25, 0.3) is 11.5 Å². The third-order valence-corrected chi connectivity index (χ3v) is 3.54. The molecule has 1 amide bonds. The molecule has 3 aromatic rings. The Labute approximate surface area is 135 Å². The van der Waals surface area contributed by atoms with Crippen LogP contribution in [0.1, 0.15) is 16.7 Å². The predicted octanol–water partition coefficient (Wildman–Crippen LogP) is 3.51. The molecule has 2 heterocycles. The number of carbonyl (C=O) groups is 1. The second-order valence-corrected chi connectivity index (χ2v) is 5.47. The summed E-state index contributed by atoms with van der Waals surface area (Å²) in [6.07, 6.45) is 3.76. The van der Waals surface area contributed by atoms with Gasteiger partial charge in [-0.2, -0.15) is 0 Å². The van der Waals surface area contributed by atoms with E-state index in [1.54, 1.807) is 12.5 Å². The lowest BCUT2D eigenvalue weighted by molar-refractivity contribution is -0.120. The van der Waals surface area contributed by atoms with E-state index < -0.39 is 0 Å². The van der Waals surface area contributed by atoms with E-state index >= 15 is 0 Å². The summed E-state index contributed by atoms with van der Waals surface area (Å²) in [4.78, 5) is 16.4. The van der Waals surface area contributed by atoms with Gasteiger partial charge in [-0.3, -0.25) is 9.78 Å². The zero-order valence-corrected chi connectivity index (χ0v) is 13.0. The van der Waals surface area contributed by atoms with Crippen LogP contribution < -0.4 is 5.32 Å². The van der Waals surface area contributed by atoms with Gasteiger partial charge in [0.05, 0.1) is 12.7 Å². The molecule has 2 aromatic heterocycles. The van der Waals surface area contributed by atoms with E-state index in [-0.39, 0.29) is 5.91 Å². The molecule has 4 nitrogen and oxygen atoms in total. The van der Waals surface area contributed by atoms with E-state index in [2.05, 4.69) is 10.3 Å². The number of benzene rings is 1. The summed E-state index contributed by atoms with van der Waals surface area (Å²) in [7, 11) is 0. The number of amides is 1. The van der Waals surface area contributed by atoms with Gasteiger partial charge in [0.2, 0.25) is 5.91 Å². The van der Waals surface area contributed by atoms with Crippen molar-refractivity contribution in [2.75, 3.05) is 0 Å². The minimum atomic E-state index is 0.00529. The molecule has 0 bridgehead atoms. The molecule has 0 radical (unpaired) electrons. The Bertz CT molecular complexity index is 777. The van der Waals surface area contributed by atoms with Crippen molar-refractivity contribution in [3.63, 3.8) is 0 Å². The molecule has 0 aliphatic carbocycles. The number of rotatable bonds is 5. The van der Waals surface area contributed by atoms with Crippen LogP contribution in [0.4, 0.5) is 0 Å². The van der Waals surface area contributed by atoms with Crippen molar-refractivity contribution in [3.8, 4) is 11.5 Å². The van der Waals surface area contributed by atoms with Crippen molar-refractivity contribution < 1.29 is 9.21 Å². The second kappa shape index (κ2) is 6.92. The van der Waals surface area contributed by atoms with Crippen molar-refractivity contribution >= 4 is 5.91 Å². The number of nitrogens with one attached hydrogen (secondary N) is 1. The highest BCUT2D eigenvalue weighted by Crippen LogP contribution is 2.17. The molecular formula is C19H18N2O2. The molecule has 0 aliphatic heterocycles. The highest BCUT2D eigenvalue weighted by molar-refractivity contribution is 5.78. The third kappa shape index (κ3) is 4.07. The van der Waals surface area contributed by atoms with Crippen molar-refractivity contribution in [2.45, 2.75) is 19.9 Å². The second-order valence-electron chi connectivity index (χ2n) is 5.47. The maximum Gasteiger partial charge on any atom is 0.224 e. The van der Waals surface area contributed by atoms with Crippen molar-refractivity contribution in [1.29, 1.82) is 0 Å². The van der Waals surface area contributed by atoms with Gasteiger partial charge in [0.15, 0.2) is 5.76 Å². The normalized spacial score (nSPS) is 10.5. The summed E-state index contributed by atoms with van der Waals surface area (Å²) in [5.74, 6) is 0.741. The van der Waals surface area contributed by atoms with Crippen LogP contribution in [0, 0.1) is 6.92 Å². The standard InChI is InChI=1S/C19H18N2O2/c1-14-4-2-5-15(10-14)11-19(22)21-13-16-7-8-17(20-12-16)18-6-3-9-23-18/h2-10,12H,11,13H2,1H3,(H,21,22). The van der Waals surface area contributed by atoms with Gasteiger partial charge in [0.25, 0.3) is 0 Å². The van der Waals surface area contributed by atoms with E-state index in [4.69, 9.17) is 4.42 Å². The maximum absolute atomic E-state index is 12.0. The van der Waals surface area contributed by atoms with Crippen LogP contribution >= 0.6 is 0 Å². The van der Waals surface area contributed by atoms with Gasteiger partial charge in [-0.25, -0.2) is 0 Å². The third-order valence-electron chi connectivity index (χ3n) is 3.54. The molecule has 0 saturated carbocycles. The SMILES string of the molecule is Cc1cccc(CC(=O)NCc2ccc(-c3ccco3)nc2)c1. The predicted molar refractivity (Wildman–Crippen MR) is 88.7 cm³/mol. The number of hydrogen-bond acceptors (Lipinski definition) is 3. The molecule has 3 rings (SSSR count). The molecule has 0 spiro atoms. The van der Waals surface area contributed by atoms with Gasteiger partial charge in [-0.05, 0) is 36.2 Å². The lowest BCUT2D eigenvalue weighted by Crippen LogP contribution is -2.24. The first-order chi connectivity index (χ1) is 11.2. The lowest BCUT2D eigenvalue weighted by atomic mass is 10.1. The number of pyridine rings is 1. The summed E-state index contributed by atoms with van der Waals surface area (Å²) in [5, 5.41) is 2.92. The Kier molecular flexibility index (Phi) is 4.52. The quantitative estimate of drug-likeness (QED) is 0.785. The minimum Gasteiger partial charge on any atom is -0.463 e. The Morgan fingerprint density at radius 1 is 1.13 bits per heavy atom. The smallest absolute Gasteiger partial charge is 0.224 e. The lowest BCUT2D eigenvalue weighted by Gasteiger charge is -2.06. The van der Waals surface area contributed by atoms with Crippen molar-refractivity contribution in [3.05, 3.63) is 77.7 Å². The summed E-state index contributed by atoms with van der Waals surface area (Å²) in [5.41, 5.74) is 3.92. The van der Waals surface area contributed by atoms with Crippen LogP contribution in [-0.2, 0) is 17.8 Å². The summed E-state index contributed by atoms with van der Waals surface area (Å²) >= 11 is 0. The highest BCUT2D eigenvalue weighted by Gasteiger charge is 2.05. The first-order valence-corrected chi connectivity index (χ1v) is 7.52. The van der Waals surface area contributed by atoms with Gasteiger partial charge in [0, 0.05) is 12.7 Å². The number of furan rings is 1. The number of carbonyl (C=O) groups excluding carboxylic acids is 1. The molecule has 23 heavy (non-hydrogen) atoms. The van der Waals surface area contributed by atoms with Gasteiger partial charge < -0.3 is 9.73 Å². The van der Waals surface area contributed by atoms with Gasteiger partial charge in [0.1, 0.15) is 5.69 Å². The average Bonchev–Trinajstić information content (AvgIpc) is 3.08. The monoisotopic (exact) mass is 306 g/mol. The van der Waals surface area contributed by atoms with E-state index in [0.29, 0.717) is 13.0 Å². The Balaban J connectivity index is 1.54. The number of hydrogen-bond donors (Lipinski definition) is 1. The zero-order valence-electron chi connectivity index (χ0n) is 13.0. The topological polar surface area (TPSA) is 55.1 Å². The van der Waals surface area contributed by atoms with Gasteiger partial charge in [-0.1, -0.05) is 35.9 Å². The van der Waals surface area contributed by atoms with Crippen LogP contribution in [0.15, 0.2) is 65.4 Å². The van der Waals surface area contributed by atoms with Crippen LogP contribution in [0.5, 0.6) is 0 Å². The molecule has 0 saturated heterocycles. The molecule has 1 aromatic carbocycles. The summed E-state index contributed by atoms with van der Waals surface area (Å²) in [6, 6.07) is 15.5. The fourth-order valence-electron chi connectivity index (χ4n) is 2.37. The molecule has 0 fully saturated rings. The molecular weight excluding hydrogens is 288 g/mol. The van der Waals surface area contributed by atoms with Gasteiger partial charge in [-0.15, -0.1) is 0 Å². The van der Waals surface area contributed by atoms with E-state index in [9.17, 15) is 4.79 Å². The molecule has 0 atom stereocenters. The van der Waals surface area contributed by atoms with Crippen LogP contribution in [0.2, 0.25) is 0 Å². The molecule has 0 unspecified atom stereocenters. The van der Waals surface area contributed by atoms with Crippen molar-refractivity contribution in [1.82, 2.24) is 10.3 Å². The van der Waals surface area contributed by atoms with Gasteiger partial charge >= 0.3 is 0 Å². The fourth-order valence-corrected chi connectivity index (χ4v) is 2.37. The Morgan fingerprint density at radius 3 is 2.74 bits per heavy atom. The zero-order chi connectivity index (χ0) is 16.1. The van der Waals surface area contributed by atoms with E-state index in [1.807, 2.05) is 55.5 Å². The molecule has 116 valence electrons. The number of aryl methyl sites for hydroxylation is 1.